The summed E-state index contributed by atoms with van der Waals surface area (Å²) >= 11 is 4.57. The summed E-state index contributed by atoms with van der Waals surface area (Å²) in [5.74, 6) is 0. The van der Waals surface area contributed by atoms with E-state index in [1.165, 1.54) is 0 Å². The number of thiocarbonyl (C=S) groups is 1. The molecule has 0 heterocycles. The van der Waals surface area contributed by atoms with E-state index in [-0.39, 0.29) is 14.9 Å². The molecule has 2 radical (unpaired) electrons. The Morgan fingerprint density at radius 3 is 2.83 bits per heavy atom. The smallest absolute Gasteiger partial charge is 0.256 e. The van der Waals surface area contributed by atoms with Crippen molar-refractivity contribution in [3.05, 3.63) is 0 Å². The Hall–Kier alpha value is -0.213. The largest absolute Gasteiger partial charge is 0.376 e. The van der Waals surface area contributed by atoms with Crippen molar-refractivity contribution in [3.8, 4) is 0 Å². The first-order chi connectivity index (χ1) is 5.63. The molecule has 0 saturated carbocycles. The minimum absolute atomic E-state index is 0.0919. The lowest BCUT2D eigenvalue weighted by atomic mass is 10.5. The molecule has 0 bridgehead atoms. The molecule has 0 saturated heterocycles. The lowest BCUT2D eigenvalue weighted by Crippen LogP contribution is -2.29. The van der Waals surface area contributed by atoms with Crippen LogP contribution in [0.5, 0.6) is 0 Å². The van der Waals surface area contributed by atoms with E-state index >= 15 is 0 Å². The minimum atomic E-state index is -1.66. The molecule has 0 unspecified atom stereocenters. The van der Waals surface area contributed by atoms with E-state index < -0.39 is 6.48 Å². The molecule has 0 rings (SSSR count). The van der Waals surface area contributed by atoms with Crippen molar-refractivity contribution in [2.24, 2.45) is 5.73 Å². The molecular weight excluding hydrogens is 196 g/mol. The summed E-state index contributed by atoms with van der Waals surface area (Å²) in [7, 11) is 0.0919. The number of rotatable bonds is 6. The first-order valence-corrected chi connectivity index (χ1v) is 4.93. The van der Waals surface area contributed by atoms with Gasteiger partial charge in [-0.05, 0) is 24.7 Å². The number of hydrogen-bond donors (Lipinski definition) is 4. The quantitative estimate of drug-likeness (QED) is 0.184. The van der Waals surface area contributed by atoms with Crippen molar-refractivity contribution < 1.29 is 14.6 Å². The van der Waals surface area contributed by atoms with Gasteiger partial charge in [-0.2, -0.15) is 0 Å². The molecule has 0 amide bonds. The monoisotopic (exact) mass is 208 g/mol. The first kappa shape index (κ1) is 11.8. The van der Waals surface area contributed by atoms with Gasteiger partial charge in [-0.3, -0.25) is 0 Å². The van der Waals surface area contributed by atoms with E-state index in [2.05, 4.69) is 22.0 Å². The van der Waals surface area contributed by atoms with Crippen LogP contribution in [0, 0.1) is 0 Å². The molecular formula is C5H12N2O3SSi. The predicted octanol–water partition coefficient (Wildman–Crippen LogP) is -1.47. The number of nitrogens with one attached hydrogen (secondary N) is 1. The molecule has 0 fully saturated rings. The van der Waals surface area contributed by atoms with Crippen LogP contribution in [0.3, 0.4) is 0 Å². The Balaban J connectivity index is 2.96. The van der Waals surface area contributed by atoms with Crippen LogP contribution in [0.4, 0.5) is 0 Å². The Labute approximate surface area is 78.8 Å². The number of aliphatic hydroxyl groups is 2. The van der Waals surface area contributed by atoms with Crippen molar-refractivity contribution >= 4 is 27.1 Å². The van der Waals surface area contributed by atoms with Crippen LogP contribution in [-0.2, 0) is 4.43 Å². The molecule has 0 aliphatic rings. The zero-order valence-electron chi connectivity index (χ0n) is 6.49. The Morgan fingerprint density at radius 1 is 1.67 bits per heavy atom. The molecule has 7 heteroatoms. The Kier molecular flexibility index (Phi) is 7.30. The van der Waals surface area contributed by atoms with E-state index in [1.807, 2.05) is 0 Å². The maximum atomic E-state index is 8.28. The summed E-state index contributed by atoms with van der Waals surface area (Å²) in [6.45, 7) is -0.973. The molecule has 70 valence electrons. The van der Waals surface area contributed by atoms with Gasteiger partial charge in [0.25, 0.3) is 6.48 Å². The van der Waals surface area contributed by atoms with Gasteiger partial charge in [0, 0.05) is 6.54 Å². The van der Waals surface area contributed by atoms with E-state index in [4.69, 9.17) is 15.9 Å². The second-order valence-corrected chi connectivity index (χ2v) is 3.45. The molecule has 0 aliphatic carbocycles. The number of aliphatic hydroxyl groups excluding tert-OH is 1. The molecule has 0 atom stereocenters. The highest BCUT2D eigenvalue weighted by Crippen LogP contribution is 1.88. The molecule has 0 aromatic carbocycles. The van der Waals surface area contributed by atoms with Crippen LogP contribution in [0.25, 0.3) is 0 Å². The van der Waals surface area contributed by atoms with Crippen LogP contribution >= 0.6 is 12.2 Å². The number of hydrogen-bond acceptors (Lipinski definition) is 4. The fraction of sp³-hybridized carbons (Fsp3) is 0.800. The van der Waals surface area contributed by atoms with Crippen molar-refractivity contribution in [2.75, 3.05) is 6.54 Å². The van der Waals surface area contributed by atoms with E-state index in [9.17, 15) is 0 Å². The third kappa shape index (κ3) is 9.79. The average molecular weight is 208 g/mol. The normalized spacial score (nSPS) is 10.2. The minimum Gasteiger partial charge on any atom is -0.376 e. The van der Waals surface area contributed by atoms with Crippen molar-refractivity contribution in [2.45, 2.75) is 18.9 Å². The summed E-state index contributed by atoms with van der Waals surface area (Å²) in [5.41, 5.74) is 5.17. The van der Waals surface area contributed by atoms with Crippen LogP contribution in [0.1, 0.15) is 6.42 Å². The first-order valence-electron chi connectivity index (χ1n) is 3.41. The standard InChI is InChI=1S/C5H12N2O3SSi/c6-4(11)7-2-1-3-12-10-5(8)9/h5,8-9H,1-3H2,(H3,6,7,11). The van der Waals surface area contributed by atoms with Gasteiger partial charge in [0.2, 0.25) is 9.76 Å². The van der Waals surface area contributed by atoms with Crippen molar-refractivity contribution in [3.63, 3.8) is 0 Å². The predicted molar refractivity (Wildman–Crippen MR) is 49.3 cm³/mol. The van der Waals surface area contributed by atoms with Gasteiger partial charge < -0.3 is 25.7 Å². The second kappa shape index (κ2) is 7.44. The molecule has 0 aromatic rings. The molecule has 5 nitrogen and oxygen atoms in total. The van der Waals surface area contributed by atoms with Gasteiger partial charge >= 0.3 is 0 Å². The third-order valence-electron chi connectivity index (χ3n) is 0.944. The molecule has 0 spiro atoms. The highest BCUT2D eigenvalue weighted by Gasteiger charge is 1.97. The van der Waals surface area contributed by atoms with E-state index in [1.54, 1.807) is 0 Å². The summed E-state index contributed by atoms with van der Waals surface area (Å²) in [4.78, 5) is 0. The number of nitrogens with two attached hydrogens (primary N) is 1. The summed E-state index contributed by atoms with van der Waals surface area (Å²) in [6.07, 6.45) is 0.836. The van der Waals surface area contributed by atoms with Gasteiger partial charge in [0.1, 0.15) is 0 Å². The maximum absolute atomic E-state index is 8.28. The topological polar surface area (TPSA) is 87.7 Å². The van der Waals surface area contributed by atoms with Crippen LogP contribution in [0.15, 0.2) is 0 Å². The molecule has 0 aliphatic heterocycles. The average Bonchev–Trinajstić information content (AvgIpc) is 1.95. The fourth-order valence-electron chi connectivity index (χ4n) is 0.506. The van der Waals surface area contributed by atoms with Gasteiger partial charge in [0.15, 0.2) is 5.11 Å². The van der Waals surface area contributed by atoms with E-state index in [0.29, 0.717) is 6.54 Å². The van der Waals surface area contributed by atoms with E-state index in [0.717, 1.165) is 12.5 Å². The summed E-state index contributed by atoms with van der Waals surface area (Å²) < 4.78 is 4.50. The highest BCUT2D eigenvalue weighted by molar-refractivity contribution is 7.80. The molecule has 12 heavy (non-hydrogen) atoms. The zero-order chi connectivity index (χ0) is 9.40. The van der Waals surface area contributed by atoms with Crippen LogP contribution in [0.2, 0.25) is 6.04 Å². The van der Waals surface area contributed by atoms with Crippen LogP contribution in [-0.4, -0.2) is 38.1 Å². The van der Waals surface area contributed by atoms with Crippen molar-refractivity contribution in [1.29, 1.82) is 0 Å². The lowest BCUT2D eigenvalue weighted by molar-refractivity contribution is -0.180. The summed E-state index contributed by atoms with van der Waals surface area (Å²) in [5, 5.41) is 19.6. The lowest BCUT2D eigenvalue weighted by Gasteiger charge is -2.04. The second-order valence-electron chi connectivity index (χ2n) is 1.98. The van der Waals surface area contributed by atoms with Gasteiger partial charge in [-0.15, -0.1) is 0 Å². The fourth-order valence-corrected chi connectivity index (χ4v) is 1.20. The van der Waals surface area contributed by atoms with Crippen molar-refractivity contribution in [1.82, 2.24) is 5.32 Å². The van der Waals surface area contributed by atoms with Gasteiger partial charge in [-0.1, -0.05) is 0 Å². The Morgan fingerprint density at radius 2 is 2.33 bits per heavy atom. The maximum Gasteiger partial charge on any atom is 0.256 e. The third-order valence-corrected chi connectivity index (χ3v) is 2.02. The Bertz CT molecular complexity index is 136. The molecule has 5 N–H and O–H groups in total. The SMILES string of the molecule is NC(=S)NCCC[Si]OC(O)O. The summed E-state index contributed by atoms with van der Waals surface area (Å²) in [6, 6.07) is 0.757. The zero-order valence-corrected chi connectivity index (χ0v) is 8.30. The van der Waals surface area contributed by atoms with Crippen LogP contribution < -0.4 is 11.1 Å². The van der Waals surface area contributed by atoms with Gasteiger partial charge in [-0.25, -0.2) is 0 Å². The highest BCUT2D eigenvalue weighted by atomic mass is 32.1. The van der Waals surface area contributed by atoms with Gasteiger partial charge in [0.05, 0.1) is 0 Å². The molecule has 0 aromatic heterocycles.